The van der Waals surface area contributed by atoms with Crippen LogP contribution in [0, 0.1) is 0 Å². The fourth-order valence-corrected chi connectivity index (χ4v) is 1.94. The summed E-state index contributed by atoms with van der Waals surface area (Å²) in [6.45, 7) is 1.84. The third kappa shape index (κ3) is 2.27. The lowest BCUT2D eigenvalue weighted by Crippen LogP contribution is -2.29. The average molecular weight is 267 g/mol. The zero-order valence-corrected chi connectivity index (χ0v) is 11.3. The van der Waals surface area contributed by atoms with E-state index >= 15 is 0 Å². The molecule has 0 saturated heterocycles. The van der Waals surface area contributed by atoms with Crippen molar-refractivity contribution in [3.8, 4) is 5.69 Å². The number of benzene rings is 1. The molecule has 0 aliphatic carbocycles. The summed E-state index contributed by atoms with van der Waals surface area (Å²) in [7, 11) is 3.19. The number of halogens is 1. The summed E-state index contributed by atoms with van der Waals surface area (Å²) in [6.07, 6.45) is 1.70. The van der Waals surface area contributed by atoms with Gasteiger partial charge in [-0.1, -0.05) is 17.7 Å². The molecule has 0 amide bonds. The molecule has 0 N–H and O–H groups in total. The first-order valence-corrected chi connectivity index (χ1v) is 5.89. The van der Waals surface area contributed by atoms with Crippen molar-refractivity contribution in [2.24, 2.45) is 0 Å². The molecule has 0 saturated carbocycles. The zero-order valence-electron chi connectivity index (χ0n) is 10.6. The molecule has 1 aromatic carbocycles. The Morgan fingerprint density at radius 2 is 1.94 bits per heavy atom. The normalized spacial score (nSPS) is 11.8. The van der Waals surface area contributed by atoms with E-state index < -0.39 is 5.79 Å². The highest BCUT2D eigenvalue weighted by atomic mass is 35.5. The minimum Gasteiger partial charge on any atom is -0.348 e. The fourth-order valence-electron chi connectivity index (χ4n) is 1.75. The second-order valence-corrected chi connectivity index (χ2v) is 4.40. The molecule has 18 heavy (non-hydrogen) atoms. The van der Waals surface area contributed by atoms with E-state index in [9.17, 15) is 0 Å². The summed E-state index contributed by atoms with van der Waals surface area (Å²) in [6, 6.07) is 9.31. The van der Waals surface area contributed by atoms with Crippen molar-refractivity contribution in [1.29, 1.82) is 0 Å². The van der Waals surface area contributed by atoms with Crippen molar-refractivity contribution in [1.82, 2.24) is 9.78 Å². The summed E-state index contributed by atoms with van der Waals surface area (Å²) in [5.41, 5.74) is 1.66. The monoisotopic (exact) mass is 266 g/mol. The first-order chi connectivity index (χ1) is 8.60. The zero-order chi connectivity index (χ0) is 13.2. The lowest BCUT2D eigenvalue weighted by molar-refractivity contribution is -0.205. The Hall–Kier alpha value is -1.36. The van der Waals surface area contributed by atoms with Crippen molar-refractivity contribution in [2.45, 2.75) is 12.7 Å². The molecule has 1 aromatic heterocycles. The highest BCUT2D eigenvalue weighted by Gasteiger charge is 2.30. The quantitative estimate of drug-likeness (QED) is 0.798. The average Bonchev–Trinajstić information content (AvgIpc) is 2.87. The van der Waals surface area contributed by atoms with Crippen LogP contribution in [0.15, 0.2) is 36.5 Å². The molecular formula is C13H15ClN2O2. The minimum absolute atomic E-state index is 0.658. The maximum Gasteiger partial charge on any atom is 0.208 e. The van der Waals surface area contributed by atoms with Gasteiger partial charge in [-0.25, -0.2) is 4.68 Å². The van der Waals surface area contributed by atoms with Crippen LogP contribution in [-0.2, 0) is 15.3 Å². The van der Waals surface area contributed by atoms with E-state index in [4.69, 9.17) is 21.1 Å². The Bertz CT molecular complexity index is 535. The second-order valence-electron chi connectivity index (χ2n) is 3.96. The molecule has 0 radical (unpaired) electrons. The van der Waals surface area contributed by atoms with Crippen molar-refractivity contribution >= 4 is 11.6 Å². The van der Waals surface area contributed by atoms with Crippen LogP contribution in [0.3, 0.4) is 0 Å². The Kier molecular flexibility index (Phi) is 3.71. The summed E-state index contributed by atoms with van der Waals surface area (Å²) in [5.74, 6) is -0.848. The van der Waals surface area contributed by atoms with Gasteiger partial charge in [0.05, 0.1) is 5.69 Å². The van der Waals surface area contributed by atoms with E-state index in [1.165, 1.54) is 0 Å². The molecule has 0 atom stereocenters. The molecule has 5 heteroatoms. The van der Waals surface area contributed by atoms with E-state index in [0.29, 0.717) is 5.02 Å². The first-order valence-electron chi connectivity index (χ1n) is 5.51. The number of aromatic nitrogens is 2. The van der Waals surface area contributed by atoms with Crippen LogP contribution in [-0.4, -0.2) is 24.0 Å². The predicted molar refractivity (Wildman–Crippen MR) is 69.9 cm³/mol. The fraction of sp³-hybridized carbons (Fsp3) is 0.308. The van der Waals surface area contributed by atoms with Gasteiger partial charge < -0.3 is 9.47 Å². The Morgan fingerprint density at radius 3 is 2.56 bits per heavy atom. The van der Waals surface area contributed by atoms with E-state index in [1.807, 2.05) is 37.3 Å². The maximum absolute atomic E-state index is 5.99. The number of ether oxygens (including phenoxy) is 2. The Labute approximate surface area is 111 Å². The van der Waals surface area contributed by atoms with E-state index in [0.717, 1.165) is 11.4 Å². The van der Waals surface area contributed by atoms with Crippen molar-refractivity contribution < 1.29 is 9.47 Å². The molecule has 96 valence electrons. The molecule has 0 spiro atoms. The largest absolute Gasteiger partial charge is 0.348 e. The van der Waals surface area contributed by atoms with Crippen LogP contribution in [0.25, 0.3) is 5.69 Å². The molecule has 0 fully saturated rings. The smallest absolute Gasteiger partial charge is 0.208 e. The number of hydrogen-bond acceptors (Lipinski definition) is 3. The van der Waals surface area contributed by atoms with Gasteiger partial charge in [0.15, 0.2) is 0 Å². The maximum atomic E-state index is 5.99. The second kappa shape index (κ2) is 5.10. The molecule has 0 aliphatic rings. The van der Waals surface area contributed by atoms with Gasteiger partial charge >= 0.3 is 0 Å². The summed E-state index contributed by atoms with van der Waals surface area (Å²) in [4.78, 5) is 0. The highest BCUT2D eigenvalue weighted by Crippen LogP contribution is 2.27. The minimum atomic E-state index is -0.848. The predicted octanol–water partition coefficient (Wildman–Crippen LogP) is 2.99. The molecule has 1 heterocycles. The lowest BCUT2D eigenvalue weighted by Gasteiger charge is -2.27. The van der Waals surface area contributed by atoms with Crippen LogP contribution in [0.2, 0.25) is 5.02 Å². The van der Waals surface area contributed by atoms with Gasteiger partial charge in [-0.15, -0.1) is 0 Å². The molecular weight excluding hydrogens is 252 g/mol. The van der Waals surface area contributed by atoms with Gasteiger partial charge in [0, 0.05) is 25.4 Å². The summed E-state index contributed by atoms with van der Waals surface area (Å²) >= 11 is 5.99. The summed E-state index contributed by atoms with van der Waals surface area (Å²) < 4.78 is 12.6. The molecule has 4 nitrogen and oxygen atoms in total. The van der Waals surface area contributed by atoms with Crippen LogP contribution in [0.1, 0.15) is 12.6 Å². The highest BCUT2D eigenvalue weighted by molar-refractivity contribution is 6.30. The standard InChI is InChI=1S/C13H15ClN2O2/c1-13(17-2,18-3)12-7-8-15-16(12)11-6-4-5-10(14)9-11/h4-9H,1-3H3. The van der Waals surface area contributed by atoms with Gasteiger partial charge in [0.1, 0.15) is 5.69 Å². The third-order valence-corrected chi connectivity index (χ3v) is 3.17. The SMILES string of the molecule is COC(C)(OC)c1ccnn1-c1cccc(Cl)c1. The van der Waals surface area contributed by atoms with Gasteiger partial charge in [0.2, 0.25) is 5.79 Å². The number of rotatable bonds is 4. The Balaban J connectivity index is 2.51. The van der Waals surface area contributed by atoms with Gasteiger partial charge in [-0.3, -0.25) is 0 Å². The molecule has 2 aromatic rings. The van der Waals surface area contributed by atoms with Crippen LogP contribution >= 0.6 is 11.6 Å². The van der Waals surface area contributed by atoms with Crippen LogP contribution in [0.4, 0.5) is 0 Å². The number of methoxy groups -OCH3 is 2. The summed E-state index contributed by atoms with van der Waals surface area (Å²) in [5, 5.41) is 4.95. The molecule has 0 bridgehead atoms. The van der Waals surface area contributed by atoms with Crippen molar-refractivity contribution in [2.75, 3.05) is 14.2 Å². The van der Waals surface area contributed by atoms with Crippen LogP contribution in [0.5, 0.6) is 0 Å². The van der Waals surface area contributed by atoms with Crippen molar-refractivity contribution in [3.05, 3.63) is 47.2 Å². The molecule has 0 aliphatic heterocycles. The van der Waals surface area contributed by atoms with E-state index in [-0.39, 0.29) is 0 Å². The molecule has 2 rings (SSSR count). The number of hydrogen-bond donors (Lipinski definition) is 0. The topological polar surface area (TPSA) is 36.3 Å². The van der Waals surface area contributed by atoms with Crippen LogP contribution < -0.4 is 0 Å². The van der Waals surface area contributed by atoms with E-state index in [2.05, 4.69) is 5.10 Å². The third-order valence-electron chi connectivity index (χ3n) is 2.94. The van der Waals surface area contributed by atoms with Gasteiger partial charge in [-0.2, -0.15) is 5.10 Å². The molecule has 0 unspecified atom stereocenters. The number of nitrogens with zero attached hydrogens (tertiary/aromatic N) is 2. The van der Waals surface area contributed by atoms with Crippen molar-refractivity contribution in [3.63, 3.8) is 0 Å². The van der Waals surface area contributed by atoms with E-state index in [1.54, 1.807) is 25.1 Å². The van der Waals surface area contributed by atoms with Gasteiger partial charge in [-0.05, 0) is 31.2 Å². The lowest BCUT2D eigenvalue weighted by atomic mass is 10.2. The first kappa shape index (κ1) is 13.1. The van der Waals surface area contributed by atoms with Gasteiger partial charge in [0.25, 0.3) is 0 Å². The Morgan fingerprint density at radius 1 is 1.22 bits per heavy atom.